The molecule has 150 valence electrons. The van der Waals surface area contributed by atoms with E-state index >= 15 is 0 Å². The van der Waals surface area contributed by atoms with Gasteiger partial charge in [-0.1, -0.05) is 23.4 Å². The van der Waals surface area contributed by atoms with Crippen LogP contribution in [0.3, 0.4) is 0 Å². The molecule has 1 aromatic heterocycles. The van der Waals surface area contributed by atoms with Crippen molar-refractivity contribution in [2.75, 3.05) is 20.2 Å². The minimum atomic E-state index is -0.363. The number of hydrogen-bond donors (Lipinski definition) is 0. The number of carbonyl (C=O) groups is 1. The van der Waals surface area contributed by atoms with E-state index in [9.17, 15) is 9.18 Å². The highest BCUT2D eigenvalue weighted by Crippen LogP contribution is 2.26. The number of amides is 1. The van der Waals surface area contributed by atoms with E-state index < -0.39 is 0 Å². The average Bonchev–Trinajstić information content (AvgIpc) is 3.16. The summed E-state index contributed by atoms with van der Waals surface area (Å²) in [5, 5.41) is 3.99. The van der Waals surface area contributed by atoms with Crippen molar-refractivity contribution < 1.29 is 23.2 Å². The van der Waals surface area contributed by atoms with Crippen LogP contribution in [0.4, 0.5) is 4.39 Å². The summed E-state index contributed by atoms with van der Waals surface area (Å²) in [5.74, 6) is 1.87. The first-order chi connectivity index (χ1) is 14.1. The van der Waals surface area contributed by atoms with Crippen molar-refractivity contribution in [2.45, 2.75) is 18.9 Å². The molecule has 0 spiro atoms. The van der Waals surface area contributed by atoms with Crippen molar-refractivity contribution in [1.82, 2.24) is 15.0 Å². The third kappa shape index (κ3) is 4.37. The molecule has 29 heavy (non-hydrogen) atoms. The molecule has 0 N–H and O–H groups in total. The van der Waals surface area contributed by atoms with Crippen LogP contribution in [-0.4, -0.2) is 41.1 Å². The third-order valence-corrected chi connectivity index (χ3v) is 4.80. The highest BCUT2D eigenvalue weighted by molar-refractivity contribution is 5.79. The monoisotopic (exact) mass is 397 g/mol. The van der Waals surface area contributed by atoms with Crippen molar-refractivity contribution >= 4 is 5.91 Å². The van der Waals surface area contributed by atoms with Crippen LogP contribution in [0.5, 0.6) is 11.5 Å². The van der Waals surface area contributed by atoms with E-state index in [2.05, 4.69) is 10.1 Å². The Hall–Kier alpha value is -3.42. The zero-order chi connectivity index (χ0) is 20.2. The molecule has 0 saturated carbocycles. The van der Waals surface area contributed by atoms with Gasteiger partial charge in [-0.3, -0.25) is 4.79 Å². The standard InChI is InChI=1S/C21H20FN3O4/c1-27-16-6-8-17(9-7-16)28-13-19-23-21(24-29-19)15-11-25(12-15)20(26)10-14-4-2-3-5-18(14)22/h2-9,15H,10-13H2,1H3. The Bertz CT molecular complexity index is 984. The summed E-state index contributed by atoms with van der Waals surface area (Å²) < 4.78 is 29.6. The van der Waals surface area contributed by atoms with Gasteiger partial charge in [0.15, 0.2) is 12.4 Å². The van der Waals surface area contributed by atoms with Crippen molar-refractivity contribution in [2.24, 2.45) is 0 Å². The number of rotatable bonds is 7. The fourth-order valence-corrected chi connectivity index (χ4v) is 3.07. The Morgan fingerprint density at radius 1 is 1.17 bits per heavy atom. The second-order valence-electron chi connectivity index (χ2n) is 6.77. The van der Waals surface area contributed by atoms with Crippen LogP contribution in [0.2, 0.25) is 0 Å². The minimum absolute atomic E-state index is 0.0121. The summed E-state index contributed by atoms with van der Waals surface area (Å²) in [6.45, 7) is 1.14. The molecule has 0 bridgehead atoms. The number of likely N-dealkylation sites (tertiary alicyclic amines) is 1. The van der Waals surface area contributed by atoms with Crippen LogP contribution in [0.1, 0.15) is 23.2 Å². The predicted molar refractivity (Wildman–Crippen MR) is 101 cm³/mol. The van der Waals surface area contributed by atoms with Gasteiger partial charge in [0.25, 0.3) is 5.89 Å². The van der Waals surface area contributed by atoms with Gasteiger partial charge in [-0.05, 0) is 35.9 Å². The molecular formula is C21H20FN3O4. The first kappa shape index (κ1) is 18.9. The second-order valence-corrected chi connectivity index (χ2v) is 6.77. The Morgan fingerprint density at radius 3 is 2.62 bits per heavy atom. The first-order valence-corrected chi connectivity index (χ1v) is 9.23. The fraction of sp³-hybridized carbons (Fsp3) is 0.286. The Morgan fingerprint density at radius 2 is 1.90 bits per heavy atom. The Balaban J connectivity index is 1.26. The maximum absolute atomic E-state index is 13.7. The number of nitrogens with zero attached hydrogens (tertiary/aromatic N) is 3. The highest BCUT2D eigenvalue weighted by Gasteiger charge is 2.35. The summed E-state index contributed by atoms with van der Waals surface area (Å²) in [6, 6.07) is 13.5. The summed E-state index contributed by atoms with van der Waals surface area (Å²) in [5.41, 5.74) is 0.401. The largest absolute Gasteiger partial charge is 0.497 e. The molecule has 1 amide bonds. The minimum Gasteiger partial charge on any atom is -0.497 e. The van der Waals surface area contributed by atoms with Crippen molar-refractivity contribution in [3.05, 3.63) is 71.6 Å². The zero-order valence-electron chi connectivity index (χ0n) is 15.9. The van der Waals surface area contributed by atoms with E-state index in [-0.39, 0.29) is 30.7 Å². The zero-order valence-corrected chi connectivity index (χ0v) is 15.9. The van der Waals surface area contributed by atoms with Crippen molar-refractivity contribution in [3.63, 3.8) is 0 Å². The molecule has 0 radical (unpaired) electrons. The fourth-order valence-electron chi connectivity index (χ4n) is 3.07. The lowest BCUT2D eigenvalue weighted by atomic mass is 9.98. The topological polar surface area (TPSA) is 77.7 Å². The number of methoxy groups -OCH3 is 1. The van der Waals surface area contributed by atoms with Gasteiger partial charge in [-0.25, -0.2) is 4.39 Å². The van der Waals surface area contributed by atoms with Gasteiger partial charge < -0.3 is 18.9 Å². The first-order valence-electron chi connectivity index (χ1n) is 9.23. The van der Waals surface area contributed by atoms with Gasteiger partial charge in [-0.15, -0.1) is 0 Å². The van der Waals surface area contributed by atoms with Crippen molar-refractivity contribution in [3.8, 4) is 11.5 Å². The molecule has 0 aliphatic carbocycles. The van der Waals surface area contributed by atoms with Crippen LogP contribution < -0.4 is 9.47 Å². The van der Waals surface area contributed by atoms with Crippen LogP contribution in [-0.2, 0) is 17.8 Å². The quantitative estimate of drug-likeness (QED) is 0.610. The van der Waals surface area contributed by atoms with Gasteiger partial charge >= 0.3 is 0 Å². The molecule has 8 heteroatoms. The molecule has 1 aliphatic heterocycles. The maximum Gasteiger partial charge on any atom is 0.264 e. The maximum atomic E-state index is 13.7. The average molecular weight is 397 g/mol. The van der Waals surface area contributed by atoms with Crippen molar-refractivity contribution in [1.29, 1.82) is 0 Å². The molecule has 0 atom stereocenters. The lowest BCUT2D eigenvalue weighted by Gasteiger charge is -2.37. The smallest absolute Gasteiger partial charge is 0.264 e. The molecule has 2 aromatic carbocycles. The summed E-state index contributed by atoms with van der Waals surface area (Å²) >= 11 is 0. The number of aromatic nitrogens is 2. The van der Waals surface area contributed by atoms with Crippen LogP contribution in [0.25, 0.3) is 0 Å². The second kappa shape index (κ2) is 8.30. The molecule has 7 nitrogen and oxygen atoms in total. The molecule has 0 unspecified atom stereocenters. The normalized spacial score (nSPS) is 13.8. The van der Waals surface area contributed by atoms with E-state index in [0.717, 1.165) is 5.75 Å². The van der Waals surface area contributed by atoms with Gasteiger partial charge in [0.1, 0.15) is 17.3 Å². The SMILES string of the molecule is COc1ccc(OCc2nc(C3CN(C(=O)Cc4ccccc4F)C3)no2)cc1. The number of hydrogen-bond acceptors (Lipinski definition) is 6. The van der Waals surface area contributed by atoms with E-state index in [1.165, 1.54) is 6.07 Å². The summed E-state index contributed by atoms with van der Waals surface area (Å²) in [7, 11) is 1.60. The Labute approximate surface area is 167 Å². The van der Waals surface area contributed by atoms with Crippen LogP contribution >= 0.6 is 0 Å². The summed E-state index contributed by atoms with van der Waals surface area (Å²) in [6.07, 6.45) is 0.0482. The van der Waals surface area contributed by atoms with Crippen LogP contribution in [0.15, 0.2) is 53.1 Å². The molecular weight excluding hydrogens is 377 g/mol. The van der Waals surface area contributed by atoms with E-state index in [0.29, 0.717) is 36.1 Å². The molecule has 3 aromatic rings. The van der Waals surface area contributed by atoms with Crippen LogP contribution in [0, 0.1) is 5.82 Å². The van der Waals surface area contributed by atoms with Gasteiger partial charge in [-0.2, -0.15) is 4.98 Å². The molecule has 1 saturated heterocycles. The number of benzene rings is 2. The third-order valence-electron chi connectivity index (χ3n) is 4.80. The number of ether oxygens (including phenoxy) is 2. The number of halogens is 1. The molecule has 1 fully saturated rings. The predicted octanol–water partition coefficient (Wildman–Crippen LogP) is 2.96. The van der Waals surface area contributed by atoms with E-state index in [1.54, 1.807) is 54.5 Å². The summed E-state index contributed by atoms with van der Waals surface area (Å²) in [4.78, 5) is 18.3. The Kier molecular flexibility index (Phi) is 5.41. The van der Waals surface area contributed by atoms with E-state index in [4.69, 9.17) is 14.0 Å². The lowest BCUT2D eigenvalue weighted by molar-refractivity contribution is -0.135. The molecule has 1 aliphatic rings. The van der Waals surface area contributed by atoms with Gasteiger partial charge in [0, 0.05) is 13.1 Å². The van der Waals surface area contributed by atoms with Gasteiger partial charge in [0.2, 0.25) is 5.91 Å². The lowest BCUT2D eigenvalue weighted by Crippen LogP contribution is -2.49. The number of carbonyl (C=O) groups excluding carboxylic acids is 1. The van der Waals surface area contributed by atoms with Gasteiger partial charge in [0.05, 0.1) is 19.4 Å². The van der Waals surface area contributed by atoms with E-state index in [1.807, 2.05) is 0 Å². The molecule has 2 heterocycles. The molecule has 4 rings (SSSR count). The highest BCUT2D eigenvalue weighted by atomic mass is 19.1.